The predicted octanol–water partition coefficient (Wildman–Crippen LogP) is 2.42. The lowest BCUT2D eigenvalue weighted by Crippen LogP contribution is -2.17. The van der Waals surface area contributed by atoms with E-state index in [9.17, 15) is 4.79 Å². The van der Waals surface area contributed by atoms with Crippen LogP contribution >= 0.6 is 0 Å². The first-order valence-corrected chi connectivity index (χ1v) is 6.38. The van der Waals surface area contributed by atoms with Gasteiger partial charge in [-0.1, -0.05) is 13.0 Å². The number of imidazole rings is 1. The molecule has 5 heteroatoms. The van der Waals surface area contributed by atoms with Crippen LogP contribution < -0.4 is 5.69 Å². The summed E-state index contributed by atoms with van der Waals surface area (Å²) in [5, 5.41) is 0.974. The molecule has 3 heterocycles. The number of aromatic amines is 2. The Bertz CT molecular complexity index is 793. The number of nitrogens with zero attached hydrogens (tertiary/aromatic N) is 2. The number of fused-ring (bicyclic) bond motifs is 3. The van der Waals surface area contributed by atoms with E-state index in [2.05, 4.69) is 28.5 Å². The van der Waals surface area contributed by atoms with Gasteiger partial charge in [-0.3, -0.25) is 4.57 Å². The van der Waals surface area contributed by atoms with Crippen molar-refractivity contribution in [2.24, 2.45) is 5.92 Å². The van der Waals surface area contributed by atoms with Gasteiger partial charge in [-0.05, 0) is 18.4 Å². The summed E-state index contributed by atoms with van der Waals surface area (Å²) in [6.07, 6.45) is 6.34. The van der Waals surface area contributed by atoms with Crippen LogP contribution in [0, 0.1) is 5.92 Å². The Morgan fingerprint density at radius 1 is 1.58 bits per heavy atom. The molecule has 0 spiro atoms. The monoisotopic (exact) mass is 256 g/mol. The van der Waals surface area contributed by atoms with Crippen molar-refractivity contribution in [3.05, 3.63) is 41.6 Å². The molecule has 5 nitrogen and oxygen atoms in total. The van der Waals surface area contributed by atoms with Crippen LogP contribution in [0.2, 0.25) is 0 Å². The second kappa shape index (κ2) is 4.42. The number of hydrogen-bond acceptors (Lipinski definition) is 2. The van der Waals surface area contributed by atoms with Gasteiger partial charge in [0.1, 0.15) is 5.65 Å². The standard InChI is InChI=1S/C14H16N4O/c1-3-9(2)5-7-18-12-10-4-6-15-13(10)16-8-11(12)17-14(18)19/h3-4,6,8-9H,1,5,7H2,2H3,(H,15,16)(H,17,19). The fraction of sp³-hybridized carbons (Fsp3) is 0.286. The van der Waals surface area contributed by atoms with Crippen LogP contribution in [0.3, 0.4) is 0 Å². The summed E-state index contributed by atoms with van der Waals surface area (Å²) in [7, 11) is 0. The number of pyridine rings is 1. The summed E-state index contributed by atoms with van der Waals surface area (Å²) >= 11 is 0. The second-order valence-corrected chi connectivity index (χ2v) is 4.84. The van der Waals surface area contributed by atoms with Gasteiger partial charge in [0.05, 0.1) is 17.2 Å². The number of rotatable bonds is 4. The van der Waals surface area contributed by atoms with Crippen molar-refractivity contribution in [2.45, 2.75) is 19.9 Å². The molecule has 98 valence electrons. The molecule has 3 aromatic rings. The minimum absolute atomic E-state index is 0.0817. The molecule has 0 radical (unpaired) electrons. The Morgan fingerprint density at radius 3 is 3.21 bits per heavy atom. The normalized spacial score (nSPS) is 13.1. The van der Waals surface area contributed by atoms with E-state index in [0.717, 1.165) is 28.5 Å². The molecular weight excluding hydrogens is 240 g/mol. The lowest BCUT2D eigenvalue weighted by atomic mass is 10.1. The highest BCUT2D eigenvalue weighted by Crippen LogP contribution is 2.21. The smallest absolute Gasteiger partial charge is 0.326 e. The van der Waals surface area contributed by atoms with E-state index in [0.29, 0.717) is 12.5 Å². The molecule has 0 fully saturated rings. The van der Waals surface area contributed by atoms with Gasteiger partial charge in [0.2, 0.25) is 0 Å². The molecule has 19 heavy (non-hydrogen) atoms. The molecule has 3 aromatic heterocycles. The van der Waals surface area contributed by atoms with Crippen molar-refractivity contribution in [3.63, 3.8) is 0 Å². The largest absolute Gasteiger partial charge is 0.346 e. The fourth-order valence-corrected chi connectivity index (χ4v) is 2.32. The Balaban J connectivity index is 2.16. The molecule has 0 saturated carbocycles. The molecule has 0 saturated heterocycles. The molecule has 1 atom stereocenters. The molecule has 0 aliphatic carbocycles. The van der Waals surface area contributed by atoms with Gasteiger partial charge in [-0.15, -0.1) is 6.58 Å². The lowest BCUT2D eigenvalue weighted by molar-refractivity contribution is 0.555. The van der Waals surface area contributed by atoms with Gasteiger partial charge in [0.25, 0.3) is 0 Å². The Hall–Kier alpha value is -2.30. The van der Waals surface area contributed by atoms with E-state index in [1.807, 2.05) is 18.3 Å². The topological polar surface area (TPSA) is 66.5 Å². The highest BCUT2D eigenvalue weighted by molar-refractivity contribution is 6.00. The number of nitrogens with one attached hydrogen (secondary N) is 2. The molecule has 0 bridgehead atoms. The average molecular weight is 256 g/mol. The van der Waals surface area contributed by atoms with Gasteiger partial charge >= 0.3 is 5.69 Å². The van der Waals surface area contributed by atoms with E-state index < -0.39 is 0 Å². The predicted molar refractivity (Wildman–Crippen MR) is 76.2 cm³/mol. The van der Waals surface area contributed by atoms with E-state index in [-0.39, 0.29) is 5.69 Å². The first-order valence-electron chi connectivity index (χ1n) is 6.38. The summed E-state index contributed by atoms with van der Waals surface area (Å²) in [5.74, 6) is 0.389. The molecule has 0 aliphatic rings. The van der Waals surface area contributed by atoms with Crippen molar-refractivity contribution in [3.8, 4) is 0 Å². The van der Waals surface area contributed by atoms with Gasteiger partial charge in [0.15, 0.2) is 0 Å². The molecule has 0 amide bonds. The average Bonchev–Trinajstić information content (AvgIpc) is 2.98. The quantitative estimate of drug-likeness (QED) is 0.704. The highest BCUT2D eigenvalue weighted by atomic mass is 16.1. The van der Waals surface area contributed by atoms with Crippen LogP contribution in [-0.4, -0.2) is 19.5 Å². The summed E-state index contributed by atoms with van der Waals surface area (Å²) in [6, 6.07) is 1.95. The summed E-state index contributed by atoms with van der Waals surface area (Å²) in [6.45, 7) is 6.55. The molecular formula is C14H16N4O. The van der Waals surface area contributed by atoms with Crippen LogP contribution in [0.5, 0.6) is 0 Å². The SMILES string of the molecule is C=CC(C)CCn1c(=O)[nH]c2cnc3[nH]ccc3c21. The van der Waals surface area contributed by atoms with E-state index in [1.165, 1.54) is 0 Å². The Morgan fingerprint density at radius 2 is 2.42 bits per heavy atom. The van der Waals surface area contributed by atoms with Crippen LogP contribution in [0.4, 0.5) is 0 Å². The van der Waals surface area contributed by atoms with E-state index in [4.69, 9.17) is 0 Å². The second-order valence-electron chi connectivity index (χ2n) is 4.84. The van der Waals surface area contributed by atoms with Crippen molar-refractivity contribution in [1.82, 2.24) is 19.5 Å². The third kappa shape index (κ3) is 1.87. The van der Waals surface area contributed by atoms with Crippen LogP contribution in [0.25, 0.3) is 22.1 Å². The van der Waals surface area contributed by atoms with Gasteiger partial charge in [-0.25, -0.2) is 9.78 Å². The maximum atomic E-state index is 12.0. The number of H-pyrrole nitrogens is 2. The van der Waals surface area contributed by atoms with Crippen molar-refractivity contribution in [1.29, 1.82) is 0 Å². The fourth-order valence-electron chi connectivity index (χ4n) is 2.32. The van der Waals surface area contributed by atoms with Gasteiger partial charge in [-0.2, -0.15) is 0 Å². The summed E-state index contributed by atoms with van der Waals surface area (Å²) in [4.78, 5) is 22.3. The van der Waals surface area contributed by atoms with Crippen molar-refractivity contribution in [2.75, 3.05) is 0 Å². The molecule has 0 aliphatic heterocycles. The minimum Gasteiger partial charge on any atom is -0.346 e. The maximum Gasteiger partial charge on any atom is 0.326 e. The number of aryl methyl sites for hydroxylation is 1. The molecule has 1 unspecified atom stereocenters. The first-order chi connectivity index (χ1) is 9.20. The Kier molecular flexibility index (Phi) is 2.74. The van der Waals surface area contributed by atoms with Crippen LogP contribution in [0.15, 0.2) is 35.9 Å². The number of aromatic nitrogens is 4. The number of allylic oxidation sites excluding steroid dienone is 1. The van der Waals surface area contributed by atoms with Gasteiger partial charge < -0.3 is 9.97 Å². The molecule has 0 aromatic carbocycles. The van der Waals surface area contributed by atoms with E-state index >= 15 is 0 Å². The van der Waals surface area contributed by atoms with Crippen molar-refractivity contribution < 1.29 is 0 Å². The zero-order chi connectivity index (χ0) is 13.4. The number of hydrogen-bond donors (Lipinski definition) is 2. The van der Waals surface area contributed by atoms with E-state index in [1.54, 1.807) is 10.8 Å². The summed E-state index contributed by atoms with van der Waals surface area (Å²) < 4.78 is 1.78. The third-order valence-corrected chi connectivity index (χ3v) is 3.53. The Labute approximate surface area is 110 Å². The third-order valence-electron chi connectivity index (χ3n) is 3.53. The zero-order valence-corrected chi connectivity index (χ0v) is 10.8. The molecule has 2 N–H and O–H groups in total. The van der Waals surface area contributed by atoms with Crippen LogP contribution in [-0.2, 0) is 6.54 Å². The maximum absolute atomic E-state index is 12.0. The van der Waals surface area contributed by atoms with Crippen LogP contribution in [0.1, 0.15) is 13.3 Å². The summed E-state index contributed by atoms with van der Waals surface area (Å²) in [5.41, 5.74) is 2.43. The molecule has 3 rings (SSSR count). The highest BCUT2D eigenvalue weighted by Gasteiger charge is 2.12. The van der Waals surface area contributed by atoms with Crippen molar-refractivity contribution >= 4 is 22.1 Å². The minimum atomic E-state index is -0.0817. The first kappa shape index (κ1) is 11.8. The van der Waals surface area contributed by atoms with Gasteiger partial charge in [0, 0.05) is 18.1 Å². The zero-order valence-electron chi connectivity index (χ0n) is 10.8. The lowest BCUT2D eigenvalue weighted by Gasteiger charge is -2.07.